The summed E-state index contributed by atoms with van der Waals surface area (Å²) in [4.78, 5) is 20.1. The molecule has 0 bridgehead atoms. The summed E-state index contributed by atoms with van der Waals surface area (Å²) >= 11 is 0. The molecular formula is C16H24N2O3. The highest BCUT2D eigenvalue weighted by Crippen LogP contribution is 2.41. The van der Waals surface area contributed by atoms with Gasteiger partial charge in [-0.1, -0.05) is 20.3 Å². The summed E-state index contributed by atoms with van der Waals surface area (Å²) in [5.41, 5.74) is 0.328. The molecule has 1 saturated carbocycles. The molecule has 2 unspecified atom stereocenters. The van der Waals surface area contributed by atoms with Crippen LogP contribution in [0.25, 0.3) is 0 Å². The molecule has 1 aliphatic carbocycles. The van der Waals surface area contributed by atoms with Crippen molar-refractivity contribution in [2.24, 2.45) is 5.92 Å². The van der Waals surface area contributed by atoms with E-state index in [1.165, 1.54) is 12.6 Å². The lowest BCUT2D eigenvalue weighted by atomic mass is 9.78. The van der Waals surface area contributed by atoms with Gasteiger partial charge in [0.15, 0.2) is 5.82 Å². The third kappa shape index (κ3) is 3.23. The summed E-state index contributed by atoms with van der Waals surface area (Å²) < 4.78 is 6.05. The van der Waals surface area contributed by atoms with E-state index in [-0.39, 0.29) is 5.56 Å². The van der Waals surface area contributed by atoms with Crippen molar-refractivity contribution >= 4 is 5.97 Å². The van der Waals surface area contributed by atoms with E-state index in [0.29, 0.717) is 30.5 Å². The number of ether oxygens (including phenoxy) is 1. The lowest BCUT2D eigenvalue weighted by Gasteiger charge is -2.38. The minimum Gasteiger partial charge on any atom is -0.478 e. The second-order valence-electron chi connectivity index (χ2n) is 5.84. The number of carboxylic acid groups (broad SMARTS) is 1. The average molecular weight is 292 g/mol. The molecule has 1 N–H and O–H groups in total. The molecule has 1 fully saturated rings. The molecule has 5 heteroatoms. The molecule has 116 valence electrons. The molecule has 0 spiro atoms. The number of nitrogens with zero attached hydrogens (tertiary/aromatic N) is 2. The van der Waals surface area contributed by atoms with Crippen molar-refractivity contribution in [1.29, 1.82) is 0 Å². The average Bonchev–Trinajstić information content (AvgIpc) is 2.46. The van der Waals surface area contributed by atoms with E-state index in [1.807, 2.05) is 13.8 Å². The summed E-state index contributed by atoms with van der Waals surface area (Å²) in [5, 5.41) is 9.20. The summed E-state index contributed by atoms with van der Waals surface area (Å²) in [5.74, 6) is 0.247. The van der Waals surface area contributed by atoms with Crippen LogP contribution in [-0.4, -0.2) is 27.7 Å². The second-order valence-corrected chi connectivity index (χ2v) is 5.84. The first-order chi connectivity index (χ1) is 10.0. The highest BCUT2D eigenvalue weighted by Gasteiger charge is 2.40. The lowest BCUT2D eigenvalue weighted by molar-refractivity contribution is -0.0882. The maximum atomic E-state index is 11.2. The quantitative estimate of drug-likeness (QED) is 0.902. The van der Waals surface area contributed by atoms with Crippen molar-refractivity contribution in [3.05, 3.63) is 23.3 Å². The Morgan fingerprint density at radius 1 is 1.52 bits per heavy atom. The maximum Gasteiger partial charge on any atom is 0.339 e. The molecule has 2 rings (SSSR count). The summed E-state index contributed by atoms with van der Waals surface area (Å²) in [7, 11) is 0. The topological polar surface area (TPSA) is 72.3 Å². The van der Waals surface area contributed by atoms with Crippen LogP contribution in [0.5, 0.6) is 0 Å². The molecular weight excluding hydrogens is 268 g/mol. The minimum absolute atomic E-state index is 0.191. The molecule has 0 aromatic carbocycles. The predicted octanol–water partition coefficient (Wildman–Crippen LogP) is 3.18. The standard InChI is InChI=1S/C16H24N2O3/c1-4-13-12(14(19)20)10-17-15(18-13)16(21-5-2)8-6-7-11(3)9-16/h10-11H,4-9H2,1-3H3,(H,19,20). The summed E-state index contributed by atoms with van der Waals surface area (Å²) in [6.45, 7) is 6.72. The largest absolute Gasteiger partial charge is 0.478 e. The van der Waals surface area contributed by atoms with E-state index in [9.17, 15) is 9.90 Å². The van der Waals surface area contributed by atoms with Crippen LogP contribution in [0.3, 0.4) is 0 Å². The van der Waals surface area contributed by atoms with Crippen LogP contribution >= 0.6 is 0 Å². The number of hydrogen-bond acceptors (Lipinski definition) is 4. The molecule has 2 atom stereocenters. The first kappa shape index (κ1) is 15.9. The Bertz CT molecular complexity index is 514. The Hall–Kier alpha value is -1.49. The van der Waals surface area contributed by atoms with E-state index < -0.39 is 11.6 Å². The number of carboxylic acids is 1. The Morgan fingerprint density at radius 2 is 2.29 bits per heavy atom. The Morgan fingerprint density at radius 3 is 2.86 bits per heavy atom. The maximum absolute atomic E-state index is 11.2. The Kier molecular flexibility index (Phi) is 4.93. The number of rotatable bonds is 5. The van der Waals surface area contributed by atoms with Gasteiger partial charge in [0.05, 0.1) is 11.3 Å². The van der Waals surface area contributed by atoms with Crippen molar-refractivity contribution < 1.29 is 14.6 Å². The molecule has 0 saturated heterocycles. The normalized spacial score (nSPS) is 25.8. The first-order valence-electron chi connectivity index (χ1n) is 7.76. The number of hydrogen-bond donors (Lipinski definition) is 1. The molecule has 0 aliphatic heterocycles. The fourth-order valence-corrected chi connectivity index (χ4v) is 3.26. The van der Waals surface area contributed by atoms with Crippen molar-refractivity contribution in [2.45, 2.75) is 58.5 Å². The zero-order valence-electron chi connectivity index (χ0n) is 13.1. The molecule has 5 nitrogen and oxygen atoms in total. The van der Waals surface area contributed by atoms with Crippen LogP contribution in [0, 0.1) is 5.92 Å². The molecule has 21 heavy (non-hydrogen) atoms. The van der Waals surface area contributed by atoms with Gasteiger partial charge in [0, 0.05) is 12.8 Å². The van der Waals surface area contributed by atoms with Crippen molar-refractivity contribution in [3.8, 4) is 0 Å². The molecule has 1 aliphatic rings. The fraction of sp³-hybridized carbons (Fsp3) is 0.688. The van der Waals surface area contributed by atoms with E-state index in [1.54, 1.807) is 0 Å². The van der Waals surface area contributed by atoms with E-state index in [0.717, 1.165) is 19.3 Å². The number of carbonyl (C=O) groups is 1. The van der Waals surface area contributed by atoms with Crippen LogP contribution < -0.4 is 0 Å². The Labute approximate surface area is 125 Å². The second kappa shape index (κ2) is 6.52. The van der Waals surface area contributed by atoms with Crippen molar-refractivity contribution in [3.63, 3.8) is 0 Å². The number of aryl methyl sites for hydroxylation is 1. The van der Waals surface area contributed by atoms with Gasteiger partial charge >= 0.3 is 5.97 Å². The van der Waals surface area contributed by atoms with Gasteiger partial charge in [0.25, 0.3) is 0 Å². The minimum atomic E-state index is -0.971. The van der Waals surface area contributed by atoms with Gasteiger partial charge in [0.2, 0.25) is 0 Å². The molecule has 1 aromatic rings. The molecule has 0 radical (unpaired) electrons. The van der Waals surface area contributed by atoms with E-state index in [2.05, 4.69) is 16.9 Å². The first-order valence-corrected chi connectivity index (χ1v) is 7.76. The van der Waals surface area contributed by atoms with Gasteiger partial charge in [-0.2, -0.15) is 0 Å². The summed E-state index contributed by atoms with van der Waals surface area (Å²) in [6, 6.07) is 0. The Balaban J connectivity index is 2.43. The smallest absolute Gasteiger partial charge is 0.339 e. The SMILES string of the molecule is CCOC1(c2ncc(C(=O)O)c(CC)n2)CCCC(C)C1. The van der Waals surface area contributed by atoms with Crippen LogP contribution in [0.4, 0.5) is 0 Å². The zero-order valence-corrected chi connectivity index (χ0v) is 13.1. The van der Waals surface area contributed by atoms with Crippen molar-refractivity contribution in [2.75, 3.05) is 6.61 Å². The van der Waals surface area contributed by atoms with Gasteiger partial charge < -0.3 is 9.84 Å². The zero-order chi connectivity index (χ0) is 15.5. The summed E-state index contributed by atoms with van der Waals surface area (Å²) in [6.07, 6.45) is 6.10. The monoisotopic (exact) mass is 292 g/mol. The van der Waals surface area contributed by atoms with E-state index in [4.69, 9.17) is 4.74 Å². The highest BCUT2D eigenvalue weighted by atomic mass is 16.5. The van der Waals surface area contributed by atoms with Crippen LogP contribution in [-0.2, 0) is 16.8 Å². The third-order valence-corrected chi connectivity index (χ3v) is 4.22. The van der Waals surface area contributed by atoms with Crippen molar-refractivity contribution in [1.82, 2.24) is 9.97 Å². The molecule has 1 aromatic heterocycles. The molecule has 0 amide bonds. The van der Waals surface area contributed by atoms with Gasteiger partial charge in [-0.05, 0) is 38.5 Å². The van der Waals surface area contributed by atoms with Crippen LogP contribution in [0.15, 0.2) is 6.20 Å². The highest BCUT2D eigenvalue weighted by molar-refractivity contribution is 5.88. The van der Waals surface area contributed by atoms with Gasteiger partial charge in [-0.3, -0.25) is 0 Å². The molecule has 1 heterocycles. The van der Waals surface area contributed by atoms with Crippen LogP contribution in [0.2, 0.25) is 0 Å². The van der Waals surface area contributed by atoms with Gasteiger partial charge in [-0.15, -0.1) is 0 Å². The number of aromatic nitrogens is 2. The fourth-order valence-electron chi connectivity index (χ4n) is 3.26. The predicted molar refractivity (Wildman–Crippen MR) is 79.3 cm³/mol. The van der Waals surface area contributed by atoms with Gasteiger partial charge in [0.1, 0.15) is 5.60 Å². The lowest BCUT2D eigenvalue weighted by Crippen LogP contribution is -2.37. The van der Waals surface area contributed by atoms with Gasteiger partial charge in [-0.25, -0.2) is 14.8 Å². The third-order valence-electron chi connectivity index (χ3n) is 4.22. The van der Waals surface area contributed by atoms with E-state index >= 15 is 0 Å². The van der Waals surface area contributed by atoms with Crippen LogP contribution in [0.1, 0.15) is 68.3 Å². The number of aromatic carboxylic acids is 1.